The number of hydrogen-bond donors (Lipinski definition) is 2. The molecule has 114 valence electrons. The highest BCUT2D eigenvalue weighted by Gasteiger charge is 2.15. The Balaban J connectivity index is 3.21. The molecular formula is C14H30N2O3. The summed E-state index contributed by atoms with van der Waals surface area (Å²) in [5.74, 6) is 0. The molecule has 0 aliphatic heterocycles. The Morgan fingerprint density at radius 1 is 1.05 bits per heavy atom. The van der Waals surface area contributed by atoms with Gasteiger partial charge in [-0.2, -0.15) is 0 Å². The van der Waals surface area contributed by atoms with Crippen LogP contribution in [0.5, 0.6) is 0 Å². The van der Waals surface area contributed by atoms with Gasteiger partial charge < -0.3 is 20.1 Å². The fourth-order valence-electron chi connectivity index (χ4n) is 1.34. The van der Waals surface area contributed by atoms with Gasteiger partial charge in [-0.15, -0.1) is 0 Å². The summed E-state index contributed by atoms with van der Waals surface area (Å²) in [6.45, 7) is 11.6. The zero-order valence-corrected chi connectivity index (χ0v) is 12.9. The smallest absolute Gasteiger partial charge is 0.407 e. The molecule has 0 spiro atoms. The molecule has 0 rings (SSSR count). The Kier molecular flexibility index (Phi) is 10.6. The molecule has 0 aliphatic carbocycles. The summed E-state index contributed by atoms with van der Waals surface area (Å²) in [6, 6.07) is 0. The molecule has 2 N–H and O–H groups in total. The maximum atomic E-state index is 11.3. The summed E-state index contributed by atoms with van der Waals surface area (Å²) in [5.41, 5.74) is -0.437. The molecule has 1 amide bonds. The number of nitrogens with one attached hydrogen (secondary N) is 2. The lowest BCUT2D eigenvalue weighted by Crippen LogP contribution is -2.36. The van der Waals surface area contributed by atoms with Crippen LogP contribution < -0.4 is 10.6 Å². The number of carbonyl (C=O) groups is 1. The fourth-order valence-corrected chi connectivity index (χ4v) is 1.34. The molecule has 0 aromatic rings. The van der Waals surface area contributed by atoms with Crippen LogP contribution in [-0.4, -0.2) is 44.5 Å². The second-order valence-corrected chi connectivity index (χ2v) is 5.50. The van der Waals surface area contributed by atoms with Crippen molar-refractivity contribution in [1.29, 1.82) is 0 Å². The molecule has 0 aromatic carbocycles. The first-order valence-corrected chi connectivity index (χ1v) is 7.21. The van der Waals surface area contributed by atoms with Gasteiger partial charge in [-0.1, -0.05) is 13.3 Å². The number of alkyl carbamates (subject to hydrolysis) is 1. The third kappa shape index (κ3) is 15.1. The molecule has 5 nitrogen and oxygen atoms in total. The lowest BCUT2D eigenvalue weighted by molar-refractivity contribution is 0.0528. The molecule has 5 heteroatoms. The largest absolute Gasteiger partial charge is 0.444 e. The van der Waals surface area contributed by atoms with Crippen molar-refractivity contribution >= 4 is 6.09 Å². The average Bonchev–Trinajstić information content (AvgIpc) is 2.29. The van der Waals surface area contributed by atoms with E-state index in [1.165, 1.54) is 6.42 Å². The van der Waals surface area contributed by atoms with Crippen molar-refractivity contribution in [2.24, 2.45) is 0 Å². The van der Waals surface area contributed by atoms with Gasteiger partial charge in [0.15, 0.2) is 0 Å². The van der Waals surface area contributed by atoms with E-state index in [0.29, 0.717) is 6.54 Å². The maximum Gasteiger partial charge on any atom is 0.407 e. The Morgan fingerprint density at radius 3 is 2.37 bits per heavy atom. The number of rotatable bonds is 10. The van der Waals surface area contributed by atoms with Crippen LogP contribution in [0.2, 0.25) is 0 Å². The summed E-state index contributed by atoms with van der Waals surface area (Å²) in [7, 11) is 0. The molecule has 19 heavy (non-hydrogen) atoms. The minimum atomic E-state index is -0.437. The van der Waals surface area contributed by atoms with Gasteiger partial charge in [0.05, 0.1) is 0 Å². The summed E-state index contributed by atoms with van der Waals surface area (Å²) in [6.07, 6.45) is 2.94. The standard InChI is InChI=1S/C14H30N2O3/c1-5-6-11-18-12-7-8-15-9-10-16-13(17)19-14(2,3)4/h15H,5-12H2,1-4H3,(H,16,17). The van der Waals surface area contributed by atoms with Crippen LogP contribution in [0, 0.1) is 0 Å². The van der Waals surface area contributed by atoms with Crippen LogP contribution in [0.3, 0.4) is 0 Å². The zero-order valence-electron chi connectivity index (χ0n) is 12.9. The van der Waals surface area contributed by atoms with Crippen molar-refractivity contribution in [2.45, 2.75) is 52.6 Å². The van der Waals surface area contributed by atoms with Crippen molar-refractivity contribution in [3.05, 3.63) is 0 Å². The average molecular weight is 274 g/mol. The van der Waals surface area contributed by atoms with E-state index in [1.54, 1.807) is 0 Å². The number of amides is 1. The Bertz CT molecular complexity index is 227. The maximum absolute atomic E-state index is 11.3. The topological polar surface area (TPSA) is 59.6 Å². The minimum Gasteiger partial charge on any atom is -0.444 e. The van der Waals surface area contributed by atoms with Crippen molar-refractivity contribution in [3.8, 4) is 0 Å². The van der Waals surface area contributed by atoms with Gasteiger partial charge in [-0.05, 0) is 40.2 Å². The molecule has 0 saturated heterocycles. The molecule has 0 radical (unpaired) electrons. The quantitative estimate of drug-likeness (QED) is 0.600. The molecule has 0 aliphatic rings. The SMILES string of the molecule is CCCCOCCCNCCNC(=O)OC(C)(C)C. The fraction of sp³-hybridized carbons (Fsp3) is 0.929. The lowest BCUT2D eigenvalue weighted by atomic mass is 10.2. The Labute approximate surface area is 117 Å². The number of hydrogen-bond acceptors (Lipinski definition) is 4. The van der Waals surface area contributed by atoms with E-state index in [1.807, 2.05) is 20.8 Å². The molecular weight excluding hydrogens is 244 g/mol. The van der Waals surface area contributed by atoms with Gasteiger partial charge >= 0.3 is 6.09 Å². The van der Waals surface area contributed by atoms with Gasteiger partial charge in [0, 0.05) is 26.3 Å². The monoisotopic (exact) mass is 274 g/mol. The highest BCUT2D eigenvalue weighted by molar-refractivity contribution is 5.67. The number of ether oxygens (including phenoxy) is 2. The zero-order chi connectivity index (χ0) is 14.6. The van der Waals surface area contributed by atoms with Crippen LogP contribution >= 0.6 is 0 Å². The normalized spacial score (nSPS) is 11.4. The van der Waals surface area contributed by atoms with Gasteiger partial charge in [0.2, 0.25) is 0 Å². The molecule has 0 heterocycles. The third-order valence-electron chi connectivity index (χ3n) is 2.25. The van der Waals surface area contributed by atoms with Gasteiger partial charge in [0.1, 0.15) is 5.60 Å². The molecule has 0 aromatic heterocycles. The summed E-state index contributed by atoms with van der Waals surface area (Å²) < 4.78 is 10.6. The Morgan fingerprint density at radius 2 is 1.74 bits per heavy atom. The van der Waals surface area contributed by atoms with Crippen LogP contribution in [0.15, 0.2) is 0 Å². The summed E-state index contributed by atoms with van der Waals surface area (Å²) in [5, 5.41) is 5.95. The third-order valence-corrected chi connectivity index (χ3v) is 2.25. The minimum absolute atomic E-state index is 0.364. The summed E-state index contributed by atoms with van der Waals surface area (Å²) in [4.78, 5) is 11.3. The van der Waals surface area contributed by atoms with E-state index in [9.17, 15) is 4.79 Å². The lowest BCUT2D eigenvalue weighted by Gasteiger charge is -2.19. The second-order valence-electron chi connectivity index (χ2n) is 5.50. The number of carbonyl (C=O) groups excluding carboxylic acids is 1. The first kappa shape index (κ1) is 18.2. The molecule has 0 unspecified atom stereocenters. The van der Waals surface area contributed by atoms with Crippen molar-refractivity contribution in [2.75, 3.05) is 32.8 Å². The van der Waals surface area contributed by atoms with E-state index in [4.69, 9.17) is 9.47 Å². The van der Waals surface area contributed by atoms with E-state index < -0.39 is 5.60 Å². The van der Waals surface area contributed by atoms with Crippen molar-refractivity contribution in [3.63, 3.8) is 0 Å². The van der Waals surface area contributed by atoms with Gasteiger partial charge in [-0.25, -0.2) is 4.79 Å². The first-order chi connectivity index (χ1) is 8.95. The predicted molar refractivity (Wildman–Crippen MR) is 77.5 cm³/mol. The first-order valence-electron chi connectivity index (χ1n) is 7.21. The molecule has 0 saturated carbocycles. The Hall–Kier alpha value is -0.810. The van der Waals surface area contributed by atoms with E-state index in [0.717, 1.165) is 39.1 Å². The van der Waals surface area contributed by atoms with Crippen molar-refractivity contribution < 1.29 is 14.3 Å². The summed E-state index contributed by atoms with van der Waals surface area (Å²) >= 11 is 0. The molecule has 0 fully saturated rings. The van der Waals surface area contributed by atoms with Gasteiger partial charge in [-0.3, -0.25) is 0 Å². The number of unbranched alkanes of at least 4 members (excludes halogenated alkanes) is 1. The predicted octanol–water partition coefficient (Wildman–Crippen LogP) is 2.31. The highest BCUT2D eigenvalue weighted by Crippen LogP contribution is 2.05. The van der Waals surface area contributed by atoms with E-state index >= 15 is 0 Å². The van der Waals surface area contributed by atoms with Gasteiger partial charge in [0.25, 0.3) is 0 Å². The van der Waals surface area contributed by atoms with Crippen LogP contribution in [0.25, 0.3) is 0 Å². The van der Waals surface area contributed by atoms with E-state index in [2.05, 4.69) is 17.6 Å². The van der Waals surface area contributed by atoms with Crippen LogP contribution in [-0.2, 0) is 9.47 Å². The molecule has 0 atom stereocenters. The van der Waals surface area contributed by atoms with Crippen LogP contribution in [0.1, 0.15) is 47.0 Å². The van der Waals surface area contributed by atoms with E-state index in [-0.39, 0.29) is 6.09 Å². The van der Waals surface area contributed by atoms with Crippen LogP contribution in [0.4, 0.5) is 4.79 Å². The molecule has 0 bridgehead atoms. The second kappa shape index (κ2) is 11.1. The van der Waals surface area contributed by atoms with Crippen molar-refractivity contribution in [1.82, 2.24) is 10.6 Å². The highest BCUT2D eigenvalue weighted by atomic mass is 16.6.